The van der Waals surface area contributed by atoms with Crippen molar-refractivity contribution in [2.24, 2.45) is 5.92 Å². The van der Waals surface area contributed by atoms with Crippen molar-refractivity contribution in [3.05, 3.63) is 0 Å². The molecule has 0 amide bonds. The molecule has 2 heterocycles. The molecular formula is C14H22OSSi. The molecule has 2 aliphatic rings. The number of carbonyl (C=O) groups excluding carboxylic acids is 1. The first-order valence-electron chi connectivity index (χ1n) is 6.62. The fourth-order valence-electron chi connectivity index (χ4n) is 2.66. The maximum absolute atomic E-state index is 12.1. The van der Waals surface area contributed by atoms with E-state index >= 15 is 0 Å². The van der Waals surface area contributed by atoms with Gasteiger partial charge in [0.15, 0.2) is 0 Å². The zero-order valence-corrected chi connectivity index (χ0v) is 12.9. The second-order valence-electron chi connectivity index (χ2n) is 6.32. The van der Waals surface area contributed by atoms with E-state index in [1.54, 1.807) is 0 Å². The molecule has 0 radical (unpaired) electrons. The van der Waals surface area contributed by atoms with Crippen molar-refractivity contribution in [3.8, 4) is 11.5 Å². The van der Waals surface area contributed by atoms with Crippen molar-refractivity contribution >= 4 is 25.6 Å². The van der Waals surface area contributed by atoms with Crippen LogP contribution < -0.4 is 0 Å². The number of rotatable bonds is 2. The first kappa shape index (κ1) is 13.2. The van der Waals surface area contributed by atoms with Gasteiger partial charge in [-0.15, -0.1) is 11.5 Å². The number of Topliss-reactive ketones (excluding diaryl/α,β-unsaturated/α-hetero) is 1. The van der Waals surface area contributed by atoms with E-state index in [0.29, 0.717) is 18.1 Å². The number of fused-ring (bicyclic) bond motifs is 2. The molecule has 0 N–H and O–H groups in total. The fourth-order valence-corrected chi connectivity index (χ4v) is 5.06. The fraction of sp³-hybridized carbons (Fsp3) is 0.786. The molecule has 17 heavy (non-hydrogen) atoms. The van der Waals surface area contributed by atoms with Crippen LogP contribution in [0.1, 0.15) is 32.1 Å². The lowest BCUT2D eigenvalue weighted by Gasteiger charge is -2.25. The van der Waals surface area contributed by atoms with Crippen LogP contribution in [0.5, 0.6) is 0 Å². The third kappa shape index (κ3) is 3.89. The normalized spacial score (nSPS) is 31.8. The largest absolute Gasteiger partial charge is 0.298 e. The van der Waals surface area contributed by atoms with Crippen LogP contribution in [0.15, 0.2) is 0 Å². The number of ketones is 1. The standard InChI is InChI=1S/C14H22OSSi/c1-17(2,3)8-4-5-14(15)11-9-12-6-7-13(10-11)16-12/h11-13H,5-7,9-10H2,1-3H3. The van der Waals surface area contributed by atoms with E-state index in [9.17, 15) is 4.79 Å². The molecule has 0 aromatic rings. The maximum atomic E-state index is 12.1. The SMILES string of the molecule is C[Si](C)(C)C#CCC(=O)C1CC2CCC(C1)S2. The highest BCUT2D eigenvalue weighted by Crippen LogP contribution is 2.46. The summed E-state index contributed by atoms with van der Waals surface area (Å²) in [5.41, 5.74) is 3.29. The monoisotopic (exact) mass is 266 g/mol. The molecule has 0 aromatic heterocycles. The van der Waals surface area contributed by atoms with Crippen molar-refractivity contribution < 1.29 is 4.79 Å². The summed E-state index contributed by atoms with van der Waals surface area (Å²) in [4.78, 5) is 12.1. The molecule has 3 heteroatoms. The Morgan fingerprint density at radius 2 is 1.82 bits per heavy atom. The van der Waals surface area contributed by atoms with Crippen LogP contribution in [-0.4, -0.2) is 24.4 Å². The minimum atomic E-state index is -1.31. The quantitative estimate of drug-likeness (QED) is 0.562. The van der Waals surface area contributed by atoms with Crippen LogP contribution in [0.2, 0.25) is 19.6 Å². The summed E-state index contributed by atoms with van der Waals surface area (Å²) in [6, 6.07) is 0. The average Bonchev–Trinajstić information content (AvgIpc) is 2.55. The lowest BCUT2D eigenvalue weighted by molar-refractivity contribution is -0.122. The Hall–Kier alpha value is -0.203. The smallest absolute Gasteiger partial charge is 0.147 e. The van der Waals surface area contributed by atoms with Gasteiger partial charge < -0.3 is 0 Å². The minimum absolute atomic E-state index is 0.324. The second kappa shape index (κ2) is 5.20. The molecule has 2 atom stereocenters. The van der Waals surface area contributed by atoms with Gasteiger partial charge >= 0.3 is 0 Å². The highest BCUT2D eigenvalue weighted by atomic mass is 32.2. The molecule has 0 aliphatic carbocycles. The van der Waals surface area contributed by atoms with Crippen LogP contribution in [0.3, 0.4) is 0 Å². The molecule has 1 nitrogen and oxygen atoms in total. The van der Waals surface area contributed by atoms with Crippen molar-refractivity contribution in [2.75, 3.05) is 0 Å². The van der Waals surface area contributed by atoms with Gasteiger partial charge in [-0.2, -0.15) is 11.8 Å². The molecule has 2 rings (SSSR count). The van der Waals surface area contributed by atoms with E-state index in [0.717, 1.165) is 23.3 Å². The Morgan fingerprint density at radius 1 is 1.24 bits per heavy atom. The summed E-state index contributed by atoms with van der Waals surface area (Å²) in [7, 11) is -1.31. The number of thioether (sulfide) groups is 1. The average molecular weight is 266 g/mol. The summed E-state index contributed by atoms with van der Waals surface area (Å²) < 4.78 is 0. The molecule has 2 saturated heterocycles. The van der Waals surface area contributed by atoms with Gasteiger partial charge in [-0.25, -0.2) is 0 Å². The highest BCUT2D eigenvalue weighted by molar-refractivity contribution is 8.00. The van der Waals surface area contributed by atoms with Gasteiger partial charge in [0.25, 0.3) is 0 Å². The Balaban J connectivity index is 1.86. The topological polar surface area (TPSA) is 17.1 Å². The van der Waals surface area contributed by atoms with Gasteiger partial charge in [0, 0.05) is 16.4 Å². The lowest BCUT2D eigenvalue weighted by Crippen LogP contribution is -2.24. The van der Waals surface area contributed by atoms with Gasteiger partial charge in [0.05, 0.1) is 6.42 Å². The lowest BCUT2D eigenvalue weighted by atomic mass is 9.93. The first-order chi connectivity index (χ1) is 7.94. The third-order valence-electron chi connectivity index (χ3n) is 3.47. The van der Waals surface area contributed by atoms with Crippen LogP contribution in [0, 0.1) is 17.4 Å². The van der Waals surface area contributed by atoms with Crippen LogP contribution in [-0.2, 0) is 4.79 Å². The van der Waals surface area contributed by atoms with E-state index < -0.39 is 8.07 Å². The van der Waals surface area contributed by atoms with E-state index in [-0.39, 0.29) is 0 Å². The molecule has 2 fully saturated rings. The Morgan fingerprint density at radius 3 is 2.35 bits per heavy atom. The van der Waals surface area contributed by atoms with Gasteiger partial charge in [-0.1, -0.05) is 19.6 Å². The van der Waals surface area contributed by atoms with Gasteiger partial charge in [0.1, 0.15) is 13.9 Å². The number of carbonyl (C=O) groups is 1. The Kier molecular flexibility index (Phi) is 4.05. The molecule has 2 bridgehead atoms. The van der Waals surface area contributed by atoms with Gasteiger partial charge in [-0.3, -0.25) is 4.79 Å². The maximum Gasteiger partial charge on any atom is 0.147 e. The summed E-state index contributed by atoms with van der Waals surface area (Å²) >= 11 is 2.12. The number of hydrogen-bond acceptors (Lipinski definition) is 2. The Labute approximate surface area is 110 Å². The Bertz CT molecular complexity index is 349. The summed E-state index contributed by atoms with van der Waals surface area (Å²) in [5, 5.41) is 1.54. The van der Waals surface area contributed by atoms with E-state index in [2.05, 4.69) is 42.9 Å². The molecule has 94 valence electrons. The molecule has 0 spiro atoms. The zero-order chi connectivity index (χ0) is 12.5. The number of hydrogen-bond donors (Lipinski definition) is 0. The predicted molar refractivity (Wildman–Crippen MR) is 77.9 cm³/mol. The second-order valence-corrected chi connectivity index (χ2v) is 12.7. The van der Waals surface area contributed by atoms with Gasteiger partial charge in [-0.05, 0) is 25.7 Å². The van der Waals surface area contributed by atoms with Gasteiger partial charge in [0.2, 0.25) is 0 Å². The predicted octanol–water partition coefficient (Wildman–Crippen LogP) is 3.50. The minimum Gasteiger partial charge on any atom is -0.298 e. The molecule has 2 aliphatic heterocycles. The van der Waals surface area contributed by atoms with Crippen molar-refractivity contribution in [3.63, 3.8) is 0 Å². The molecule has 2 unspecified atom stereocenters. The molecule has 0 aromatic carbocycles. The zero-order valence-electron chi connectivity index (χ0n) is 11.1. The van der Waals surface area contributed by atoms with Crippen LogP contribution in [0.25, 0.3) is 0 Å². The molecular weight excluding hydrogens is 244 g/mol. The van der Waals surface area contributed by atoms with E-state index in [4.69, 9.17) is 0 Å². The highest BCUT2D eigenvalue weighted by Gasteiger charge is 2.37. The van der Waals surface area contributed by atoms with E-state index in [1.165, 1.54) is 12.8 Å². The van der Waals surface area contributed by atoms with Crippen LogP contribution >= 0.6 is 11.8 Å². The van der Waals surface area contributed by atoms with Crippen LogP contribution in [0.4, 0.5) is 0 Å². The third-order valence-corrected chi connectivity index (χ3v) is 6.02. The molecule has 0 saturated carbocycles. The summed E-state index contributed by atoms with van der Waals surface area (Å²) in [5.74, 6) is 3.86. The summed E-state index contributed by atoms with van der Waals surface area (Å²) in [6.07, 6.45) is 5.40. The van der Waals surface area contributed by atoms with E-state index in [1.807, 2.05) is 0 Å². The summed E-state index contributed by atoms with van der Waals surface area (Å²) in [6.45, 7) is 6.67. The first-order valence-corrected chi connectivity index (χ1v) is 11.1. The van der Waals surface area contributed by atoms with Crippen molar-refractivity contribution in [1.82, 2.24) is 0 Å². The van der Waals surface area contributed by atoms with Crippen molar-refractivity contribution in [2.45, 2.75) is 62.2 Å². The van der Waals surface area contributed by atoms with Crippen molar-refractivity contribution in [1.29, 1.82) is 0 Å².